The molecule has 3 rings (SSSR count). The second kappa shape index (κ2) is 5.62. The maximum absolute atomic E-state index is 5.85. The summed E-state index contributed by atoms with van der Waals surface area (Å²) in [5.41, 5.74) is 8.32. The Bertz CT molecular complexity index is 490. The first-order valence-electron chi connectivity index (χ1n) is 7.49. The van der Waals surface area contributed by atoms with Crippen LogP contribution in [0.2, 0.25) is 0 Å². The van der Waals surface area contributed by atoms with E-state index >= 15 is 0 Å². The van der Waals surface area contributed by atoms with Gasteiger partial charge in [0.2, 0.25) is 0 Å². The molecule has 1 saturated heterocycles. The average molecular weight is 276 g/mol. The van der Waals surface area contributed by atoms with Gasteiger partial charge < -0.3 is 15.2 Å². The topological polar surface area (TPSA) is 47.7 Å². The summed E-state index contributed by atoms with van der Waals surface area (Å²) in [7, 11) is 2.18. The Hall–Kier alpha value is -1.26. The summed E-state index contributed by atoms with van der Waals surface area (Å²) in [6, 6.07) is 4.85. The van der Waals surface area contributed by atoms with E-state index in [9.17, 15) is 0 Å². The Kier molecular flexibility index (Phi) is 3.85. The molecule has 1 aromatic carbocycles. The van der Waals surface area contributed by atoms with E-state index in [4.69, 9.17) is 15.2 Å². The second-order valence-electron chi connectivity index (χ2n) is 6.01. The Balaban J connectivity index is 1.91. The third-order valence-electron chi connectivity index (χ3n) is 4.41. The molecule has 2 N–H and O–H groups in total. The van der Waals surface area contributed by atoms with Crippen LogP contribution in [-0.4, -0.2) is 38.3 Å². The van der Waals surface area contributed by atoms with Gasteiger partial charge in [-0.2, -0.15) is 0 Å². The molecule has 2 heterocycles. The first-order valence-corrected chi connectivity index (χ1v) is 7.49. The van der Waals surface area contributed by atoms with Crippen molar-refractivity contribution in [2.75, 3.05) is 33.4 Å². The highest BCUT2D eigenvalue weighted by atomic mass is 16.5. The minimum Gasteiger partial charge on any atom is -0.490 e. The fourth-order valence-corrected chi connectivity index (χ4v) is 3.33. The highest BCUT2D eigenvalue weighted by Crippen LogP contribution is 2.40. The largest absolute Gasteiger partial charge is 0.490 e. The average Bonchev–Trinajstić information content (AvgIpc) is 2.66. The molecule has 20 heavy (non-hydrogen) atoms. The number of ether oxygens (including phenoxy) is 2. The van der Waals surface area contributed by atoms with Crippen LogP contribution in [0.25, 0.3) is 0 Å². The molecule has 2 aliphatic heterocycles. The smallest absolute Gasteiger partial charge is 0.164 e. The van der Waals surface area contributed by atoms with Crippen LogP contribution < -0.4 is 15.2 Å². The molecule has 0 radical (unpaired) electrons. The predicted molar refractivity (Wildman–Crippen MR) is 79.3 cm³/mol. The van der Waals surface area contributed by atoms with Crippen LogP contribution in [0.4, 0.5) is 0 Å². The summed E-state index contributed by atoms with van der Waals surface area (Å²) in [6.45, 7) is 5.43. The zero-order chi connectivity index (χ0) is 14.1. The number of aryl methyl sites for hydroxylation is 1. The third kappa shape index (κ3) is 2.50. The van der Waals surface area contributed by atoms with Gasteiger partial charge >= 0.3 is 0 Å². The first kappa shape index (κ1) is 13.7. The maximum Gasteiger partial charge on any atom is 0.164 e. The number of hydrogen-bond acceptors (Lipinski definition) is 4. The minimum absolute atomic E-state index is 0.444. The Morgan fingerprint density at radius 1 is 1.30 bits per heavy atom. The van der Waals surface area contributed by atoms with E-state index in [1.807, 2.05) is 0 Å². The monoisotopic (exact) mass is 276 g/mol. The Morgan fingerprint density at radius 3 is 2.85 bits per heavy atom. The molecular weight excluding hydrogens is 252 g/mol. The summed E-state index contributed by atoms with van der Waals surface area (Å²) < 4.78 is 11.7. The molecule has 2 aliphatic rings. The number of benzene rings is 1. The fourth-order valence-electron chi connectivity index (χ4n) is 3.33. The van der Waals surface area contributed by atoms with Crippen LogP contribution in [0.1, 0.15) is 30.0 Å². The lowest BCUT2D eigenvalue weighted by atomic mass is 9.98. The molecule has 0 bridgehead atoms. The summed E-state index contributed by atoms with van der Waals surface area (Å²) >= 11 is 0. The SMILES string of the molecule is Cc1cc(C2CC(CN)CN2C)cc2c1OCCCO2. The molecule has 2 unspecified atom stereocenters. The molecule has 4 heteroatoms. The van der Waals surface area contributed by atoms with Crippen LogP contribution in [0.15, 0.2) is 12.1 Å². The Labute approximate surface area is 120 Å². The second-order valence-corrected chi connectivity index (χ2v) is 6.01. The third-order valence-corrected chi connectivity index (χ3v) is 4.41. The minimum atomic E-state index is 0.444. The van der Waals surface area contributed by atoms with Gasteiger partial charge in [0.25, 0.3) is 0 Å². The first-order chi connectivity index (χ1) is 9.69. The van der Waals surface area contributed by atoms with E-state index < -0.39 is 0 Å². The normalized spacial score (nSPS) is 26.6. The summed E-state index contributed by atoms with van der Waals surface area (Å²) in [6.07, 6.45) is 2.08. The van der Waals surface area contributed by atoms with Crippen molar-refractivity contribution in [1.29, 1.82) is 0 Å². The van der Waals surface area contributed by atoms with E-state index in [1.54, 1.807) is 0 Å². The number of hydrogen-bond donors (Lipinski definition) is 1. The molecule has 4 nitrogen and oxygen atoms in total. The zero-order valence-electron chi connectivity index (χ0n) is 12.4. The molecule has 0 spiro atoms. The van der Waals surface area contributed by atoms with Crippen molar-refractivity contribution in [1.82, 2.24) is 4.90 Å². The fraction of sp³-hybridized carbons (Fsp3) is 0.625. The van der Waals surface area contributed by atoms with Gasteiger partial charge in [-0.3, -0.25) is 4.90 Å². The molecule has 0 aromatic heterocycles. The van der Waals surface area contributed by atoms with Crippen molar-refractivity contribution in [2.24, 2.45) is 11.7 Å². The molecule has 1 aromatic rings. The van der Waals surface area contributed by atoms with E-state index in [2.05, 4.69) is 31.0 Å². The van der Waals surface area contributed by atoms with Crippen LogP contribution in [0.3, 0.4) is 0 Å². The standard InChI is InChI=1S/C16H24N2O2/c1-11-6-13(14-7-12(9-17)10-18(14)2)8-15-16(11)20-5-3-4-19-15/h6,8,12,14H,3-5,7,9-10,17H2,1-2H3. The molecule has 0 aliphatic carbocycles. The van der Waals surface area contributed by atoms with E-state index in [1.165, 1.54) is 11.1 Å². The van der Waals surface area contributed by atoms with Gasteiger partial charge in [0.15, 0.2) is 11.5 Å². The summed E-state index contributed by atoms with van der Waals surface area (Å²) in [5, 5.41) is 0. The summed E-state index contributed by atoms with van der Waals surface area (Å²) in [5.74, 6) is 2.42. The van der Waals surface area contributed by atoms with Gasteiger partial charge in [0.05, 0.1) is 13.2 Å². The van der Waals surface area contributed by atoms with Crippen LogP contribution in [0.5, 0.6) is 11.5 Å². The van der Waals surface area contributed by atoms with E-state index in [-0.39, 0.29) is 0 Å². The lowest BCUT2D eigenvalue weighted by Crippen LogP contribution is -2.20. The maximum atomic E-state index is 5.85. The van der Waals surface area contributed by atoms with Gasteiger partial charge in [0.1, 0.15) is 0 Å². The van der Waals surface area contributed by atoms with Gasteiger partial charge in [0, 0.05) is 19.0 Å². The molecule has 0 amide bonds. The van der Waals surface area contributed by atoms with Crippen LogP contribution in [-0.2, 0) is 0 Å². The molecule has 0 saturated carbocycles. The Morgan fingerprint density at radius 2 is 2.10 bits per heavy atom. The van der Waals surface area contributed by atoms with Crippen molar-refractivity contribution in [3.63, 3.8) is 0 Å². The number of fused-ring (bicyclic) bond motifs is 1. The van der Waals surface area contributed by atoms with Crippen LogP contribution in [0, 0.1) is 12.8 Å². The molecular formula is C16H24N2O2. The lowest BCUT2D eigenvalue weighted by Gasteiger charge is -2.22. The lowest BCUT2D eigenvalue weighted by molar-refractivity contribution is 0.296. The number of nitrogens with zero attached hydrogens (tertiary/aromatic N) is 1. The molecule has 110 valence electrons. The van der Waals surface area contributed by atoms with Gasteiger partial charge in [-0.1, -0.05) is 6.07 Å². The van der Waals surface area contributed by atoms with Gasteiger partial charge in [-0.15, -0.1) is 0 Å². The quantitative estimate of drug-likeness (QED) is 0.898. The highest BCUT2D eigenvalue weighted by molar-refractivity contribution is 5.50. The van der Waals surface area contributed by atoms with Crippen molar-refractivity contribution in [2.45, 2.75) is 25.8 Å². The van der Waals surface area contributed by atoms with E-state index in [0.717, 1.165) is 50.6 Å². The number of nitrogens with two attached hydrogens (primary N) is 1. The van der Waals surface area contributed by atoms with Crippen molar-refractivity contribution in [3.05, 3.63) is 23.3 Å². The van der Waals surface area contributed by atoms with Crippen molar-refractivity contribution in [3.8, 4) is 11.5 Å². The van der Waals surface area contributed by atoms with Crippen LogP contribution >= 0.6 is 0 Å². The number of rotatable bonds is 2. The molecule has 1 fully saturated rings. The van der Waals surface area contributed by atoms with E-state index in [0.29, 0.717) is 12.0 Å². The predicted octanol–water partition coefficient (Wildman–Crippen LogP) is 2.11. The number of likely N-dealkylation sites (tertiary alicyclic amines) is 1. The highest BCUT2D eigenvalue weighted by Gasteiger charge is 2.30. The molecule has 2 atom stereocenters. The zero-order valence-corrected chi connectivity index (χ0v) is 12.4. The van der Waals surface area contributed by atoms with Crippen molar-refractivity contribution < 1.29 is 9.47 Å². The van der Waals surface area contributed by atoms with Gasteiger partial charge in [-0.25, -0.2) is 0 Å². The van der Waals surface area contributed by atoms with Crippen molar-refractivity contribution >= 4 is 0 Å². The summed E-state index contributed by atoms with van der Waals surface area (Å²) in [4.78, 5) is 2.40. The van der Waals surface area contributed by atoms with Gasteiger partial charge in [-0.05, 0) is 50.0 Å².